The van der Waals surface area contributed by atoms with Gasteiger partial charge in [-0.3, -0.25) is 13.9 Å². The Kier molecular flexibility index (Phi) is 11.5. The highest BCUT2D eigenvalue weighted by molar-refractivity contribution is 7.92. The standard InChI is InChI=1S/C27H37F2N3O5S/c1-6-25(27(34)30-17-19(2)3)31(18-20-9-12-22(37-4)13-10-20)26(33)8-7-15-32(38(5,35)36)21-11-14-23(28)24(29)16-21/h9-14,16,19,25H,6-8,15,17-18H2,1-5H3,(H,30,34)/t25-/m1/s1. The lowest BCUT2D eigenvalue weighted by Crippen LogP contribution is -2.49. The molecule has 0 radical (unpaired) electrons. The maximum atomic E-state index is 13.8. The van der Waals surface area contributed by atoms with E-state index in [0.717, 1.165) is 28.3 Å². The van der Waals surface area contributed by atoms with Crippen molar-refractivity contribution in [2.45, 2.75) is 52.6 Å². The fourth-order valence-corrected chi connectivity index (χ4v) is 4.87. The molecule has 2 amide bonds. The molecule has 0 unspecified atom stereocenters. The third-order valence-corrected chi connectivity index (χ3v) is 7.12. The minimum absolute atomic E-state index is 0.0339. The third kappa shape index (κ3) is 8.97. The lowest BCUT2D eigenvalue weighted by Gasteiger charge is -2.31. The van der Waals surface area contributed by atoms with Gasteiger partial charge in [-0.05, 0) is 48.6 Å². The van der Waals surface area contributed by atoms with Gasteiger partial charge in [-0.15, -0.1) is 0 Å². The van der Waals surface area contributed by atoms with Crippen LogP contribution in [0.15, 0.2) is 42.5 Å². The molecule has 0 saturated heterocycles. The highest BCUT2D eigenvalue weighted by atomic mass is 32.2. The van der Waals surface area contributed by atoms with E-state index in [2.05, 4.69) is 5.32 Å². The number of benzene rings is 2. The van der Waals surface area contributed by atoms with Gasteiger partial charge in [-0.1, -0.05) is 32.9 Å². The number of anilines is 1. The molecular weight excluding hydrogens is 516 g/mol. The van der Waals surface area contributed by atoms with Crippen molar-refractivity contribution in [1.29, 1.82) is 0 Å². The van der Waals surface area contributed by atoms with Crippen LogP contribution in [-0.4, -0.2) is 57.6 Å². The molecule has 2 aromatic rings. The van der Waals surface area contributed by atoms with Crippen LogP contribution >= 0.6 is 0 Å². The van der Waals surface area contributed by atoms with Crippen molar-refractivity contribution < 1.29 is 31.5 Å². The Labute approximate surface area is 224 Å². The number of sulfonamides is 1. The monoisotopic (exact) mass is 553 g/mol. The van der Waals surface area contributed by atoms with E-state index in [1.807, 2.05) is 32.9 Å². The van der Waals surface area contributed by atoms with Gasteiger partial charge in [0.15, 0.2) is 11.6 Å². The van der Waals surface area contributed by atoms with Crippen molar-refractivity contribution in [3.63, 3.8) is 0 Å². The Morgan fingerprint density at radius 3 is 2.24 bits per heavy atom. The maximum Gasteiger partial charge on any atom is 0.242 e. The summed E-state index contributed by atoms with van der Waals surface area (Å²) in [7, 11) is -2.27. The van der Waals surface area contributed by atoms with Gasteiger partial charge in [0.25, 0.3) is 0 Å². The molecule has 0 aliphatic rings. The number of hydrogen-bond donors (Lipinski definition) is 1. The minimum atomic E-state index is -3.83. The number of halogens is 2. The smallest absolute Gasteiger partial charge is 0.242 e. The second-order valence-corrected chi connectivity index (χ2v) is 11.4. The molecule has 0 saturated carbocycles. The van der Waals surface area contributed by atoms with E-state index in [-0.39, 0.29) is 49.4 Å². The van der Waals surface area contributed by atoms with Crippen LogP contribution in [0.4, 0.5) is 14.5 Å². The molecule has 210 valence electrons. The molecule has 0 aromatic heterocycles. The summed E-state index contributed by atoms with van der Waals surface area (Å²) in [5.41, 5.74) is 0.766. The van der Waals surface area contributed by atoms with Crippen molar-refractivity contribution in [2.24, 2.45) is 5.92 Å². The molecule has 0 fully saturated rings. The number of amides is 2. The predicted octanol–water partition coefficient (Wildman–Crippen LogP) is 4.10. The molecule has 2 rings (SSSR count). The average Bonchev–Trinajstić information content (AvgIpc) is 2.86. The molecule has 1 atom stereocenters. The summed E-state index contributed by atoms with van der Waals surface area (Å²) < 4.78 is 58.0. The highest BCUT2D eigenvalue weighted by Gasteiger charge is 2.29. The summed E-state index contributed by atoms with van der Waals surface area (Å²) in [6.07, 6.45) is 1.39. The Morgan fingerprint density at radius 2 is 1.71 bits per heavy atom. The molecule has 38 heavy (non-hydrogen) atoms. The van der Waals surface area contributed by atoms with Crippen LogP contribution < -0.4 is 14.4 Å². The summed E-state index contributed by atoms with van der Waals surface area (Å²) in [6, 6.07) is 9.27. The first-order chi connectivity index (χ1) is 17.9. The Hall–Kier alpha value is -3.21. The lowest BCUT2D eigenvalue weighted by atomic mass is 10.1. The van der Waals surface area contributed by atoms with Crippen LogP contribution in [0.25, 0.3) is 0 Å². The molecule has 11 heteroatoms. The maximum absolute atomic E-state index is 13.8. The summed E-state index contributed by atoms with van der Waals surface area (Å²) in [5.74, 6) is -1.95. The molecule has 0 bridgehead atoms. The second-order valence-electron chi connectivity index (χ2n) is 9.47. The van der Waals surface area contributed by atoms with E-state index in [1.165, 1.54) is 11.0 Å². The van der Waals surface area contributed by atoms with Crippen molar-refractivity contribution in [2.75, 3.05) is 30.8 Å². The van der Waals surface area contributed by atoms with Gasteiger partial charge in [0.2, 0.25) is 21.8 Å². The lowest BCUT2D eigenvalue weighted by molar-refractivity contribution is -0.141. The Bertz CT molecular complexity index is 1190. The first kappa shape index (κ1) is 31.0. The van der Waals surface area contributed by atoms with E-state index >= 15 is 0 Å². The second kappa shape index (κ2) is 14.1. The number of nitrogens with zero attached hydrogens (tertiary/aromatic N) is 2. The van der Waals surface area contributed by atoms with Gasteiger partial charge >= 0.3 is 0 Å². The normalized spacial score (nSPS) is 12.2. The summed E-state index contributed by atoms with van der Waals surface area (Å²) in [6.45, 7) is 6.29. The highest BCUT2D eigenvalue weighted by Crippen LogP contribution is 2.22. The van der Waals surface area contributed by atoms with Crippen LogP contribution in [0.5, 0.6) is 5.75 Å². The van der Waals surface area contributed by atoms with Crippen LogP contribution in [0, 0.1) is 17.6 Å². The average molecular weight is 554 g/mol. The first-order valence-corrected chi connectivity index (χ1v) is 14.3. The fraction of sp³-hybridized carbons (Fsp3) is 0.481. The van der Waals surface area contributed by atoms with E-state index < -0.39 is 27.7 Å². The summed E-state index contributed by atoms with van der Waals surface area (Å²) in [4.78, 5) is 27.9. The van der Waals surface area contributed by atoms with Gasteiger partial charge in [0, 0.05) is 32.1 Å². The minimum Gasteiger partial charge on any atom is -0.497 e. The van der Waals surface area contributed by atoms with Gasteiger partial charge in [-0.2, -0.15) is 0 Å². The number of methoxy groups -OCH3 is 1. The van der Waals surface area contributed by atoms with E-state index in [4.69, 9.17) is 4.74 Å². The summed E-state index contributed by atoms with van der Waals surface area (Å²) >= 11 is 0. The summed E-state index contributed by atoms with van der Waals surface area (Å²) in [5, 5.41) is 2.89. The van der Waals surface area contributed by atoms with Crippen LogP contribution in [-0.2, 0) is 26.2 Å². The van der Waals surface area contributed by atoms with Gasteiger partial charge in [0.05, 0.1) is 19.1 Å². The first-order valence-electron chi connectivity index (χ1n) is 12.5. The number of ether oxygens (including phenoxy) is 1. The van der Waals surface area contributed by atoms with Crippen molar-refractivity contribution >= 4 is 27.5 Å². The number of rotatable bonds is 14. The van der Waals surface area contributed by atoms with Gasteiger partial charge < -0.3 is 15.0 Å². The van der Waals surface area contributed by atoms with Crippen molar-refractivity contribution in [3.8, 4) is 5.75 Å². The third-order valence-electron chi connectivity index (χ3n) is 5.93. The number of hydrogen-bond acceptors (Lipinski definition) is 5. The van der Waals surface area contributed by atoms with E-state index in [1.54, 1.807) is 19.2 Å². The Balaban J connectivity index is 2.23. The van der Waals surface area contributed by atoms with Gasteiger partial charge in [0.1, 0.15) is 11.8 Å². The molecule has 0 aliphatic carbocycles. The van der Waals surface area contributed by atoms with E-state index in [9.17, 15) is 26.8 Å². The van der Waals surface area contributed by atoms with Crippen LogP contribution in [0.1, 0.15) is 45.6 Å². The van der Waals surface area contributed by atoms with Crippen molar-refractivity contribution in [3.05, 3.63) is 59.7 Å². The van der Waals surface area contributed by atoms with E-state index in [0.29, 0.717) is 18.7 Å². The molecule has 2 aromatic carbocycles. The molecule has 8 nitrogen and oxygen atoms in total. The topological polar surface area (TPSA) is 96.0 Å². The fourth-order valence-electron chi connectivity index (χ4n) is 3.91. The zero-order valence-electron chi connectivity index (χ0n) is 22.5. The zero-order valence-corrected chi connectivity index (χ0v) is 23.4. The number of carbonyl (C=O) groups excluding carboxylic acids is 2. The quantitative estimate of drug-likeness (QED) is 0.380. The van der Waals surface area contributed by atoms with Crippen LogP contribution in [0.2, 0.25) is 0 Å². The van der Waals surface area contributed by atoms with Gasteiger partial charge in [-0.25, -0.2) is 17.2 Å². The Morgan fingerprint density at radius 1 is 1.05 bits per heavy atom. The van der Waals surface area contributed by atoms with Crippen LogP contribution in [0.3, 0.4) is 0 Å². The molecule has 0 heterocycles. The molecular formula is C27H37F2N3O5S. The largest absolute Gasteiger partial charge is 0.497 e. The number of carbonyl (C=O) groups is 2. The molecule has 0 aliphatic heterocycles. The predicted molar refractivity (Wildman–Crippen MR) is 143 cm³/mol. The SMILES string of the molecule is CC[C@H](C(=O)NCC(C)C)N(Cc1ccc(OC)cc1)C(=O)CCCN(c1ccc(F)c(F)c1)S(C)(=O)=O. The number of nitrogens with one attached hydrogen (secondary N) is 1. The zero-order chi connectivity index (χ0) is 28.5. The molecule has 1 N–H and O–H groups in total. The van der Waals surface area contributed by atoms with Crippen molar-refractivity contribution in [1.82, 2.24) is 10.2 Å². The molecule has 0 spiro atoms.